The highest BCUT2D eigenvalue weighted by Gasteiger charge is 2.03. The van der Waals surface area contributed by atoms with Crippen molar-refractivity contribution in [3.8, 4) is 0 Å². The fourth-order valence-corrected chi connectivity index (χ4v) is 2.66. The molecule has 0 heteroatoms. The van der Waals surface area contributed by atoms with E-state index in [-0.39, 0.29) is 0 Å². The molecule has 0 nitrogen and oxygen atoms in total. The highest BCUT2D eigenvalue weighted by Crippen LogP contribution is 2.23. The van der Waals surface area contributed by atoms with Crippen molar-refractivity contribution in [2.75, 3.05) is 0 Å². The minimum absolute atomic E-state index is 1.20. The molecule has 0 fully saturated rings. The molecule has 0 aromatic heterocycles. The molecule has 0 N–H and O–H groups in total. The summed E-state index contributed by atoms with van der Waals surface area (Å²) in [6, 6.07) is 13.6. The van der Waals surface area contributed by atoms with Crippen molar-refractivity contribution in [3.05, 3.63) is 47.5 Å². The van der Waals surface area contributed by atoms with Crippen LogP contribution in [0, 0.1) is 0 Å². The quantitative estimate of drug-likeness (QED) is 0.583. The third-order valence-electron chi connectivity index (χ3n) is 3.60. The van der Waals surface area contributed by atoms with Crippen LogP contribution in [0.1, 0.15) is 50.7 Å². The van der Waals surface area contributed by atoms with E-state index >= 15 is 0 Å². The maximum atomic E-state index is 2.43. The number of rotatable bonds is 6. The van der Waals surface area contributed by atoms with Crippen LogP contribution in [0.5, 0.6) is 0 Å². The molecule has 0 saturated heterocycles. The van der Waals surface area contributed by atoms with E-state index in [4.69, 9.17) is 0 Å². The van der Waals surface area contributed by atoms with Crippen LogP contribution in [-0.4, -0.2) is 0 Å². The van der Waals surface area contributed by atoms with Gasteiger partial charge in [-0.2, -0.15) is 0 Å². The zero-order chi connectivity index (χ0) is 12.8. The summed E-state index contributed by atoms with van der Waals surface area (Å²) in [5.74, 6) is 0. The van der Waals surface area contributed by atoms with Crippen LogP contribution in [0.15, 0.2) is 36.4 Å². The van der Waals surface area contributed by atoms with E-state index in [0.717, 1.165) is 0 Å². The summed E-state index contributed by atoms with van der Waals surface area (Å²) in [4.78, 5) is 0. The van der Waals surface area contributed by atoms with Crippen LogP contribution in [0.25, 0.3) is 10.8 Å². The molecule has 96 valence electrons. The lowest BCUT2D eigenvalue weighted by atomic mass is 9.95. The lowest BCUT2D eigenvalue weighted by Crippen LogP contribution is -1.92. The van der Waals surface area contributed by atoms with Crippen LogP contribution in [0.4, 0.5) is 0 Å². The first-order valence-corrected chi connectivity index (χ1v) is 7.35. The van der Waals surface area contributed by atoms with Crippen LogP contribution in [0.2, 0.25) is 0 Å². The first kappa shape index (κ1) is 13.1. The van der Waals surface area contributed by atoms with Gasteiger partial charge in [-0.1, -0.05) is 69.5 Å². The Morgan fingerprint density at radius 3 is 2.44 bits per heavy atom. The maximum Gasteiger partial charge on any atom is -0.0152 e. The van der Waals surface area contributed by atoms with Gasteiger partial charge < -0.3 is 0 Å². The van der Waals surface area contributed by atoms with Crippen molar-refractivity contribution < 1.29 is 0 Å². The Hall–Kier alpha value is -1.30. The molecular formula is C18H24. The minimum Gasteiger partial charge on any atom is -0.0654 e. The summed E-state index contributed by atoms with van der Waals surface area (Å²) < 4.78 is 0. The van der Waals surface area contributed by atoms with E-state index in [1.54, 1.807) is 5.56 Å². The second-order valence-corrected chi connectivity index (χ2v) is 5.18. The summed E-state index contributed by atoms with van der Waals surface area (Å²) in [7, 11) is 0. The van der Waals surface area contributed by atoms with E-state index in [1.807, 2.05) is 0 Å². The standard InChI is InChI=1S/C18H24/c1-3-5-6-10-16-13-15(9-4-2)14-17-11-7-8-12-18(16)17/h7-8,11-14H,3-6,9-10H2,1-2H3. The monoisotopic (exact) mass is 240 g/mol. The van der Waals surface area contributed by atoms with Gasteiger partial charge in [0.05, 0.1) is 0 Å². The fourth-order valence-electron chi connectivity index (χ4n) is 2.66. The zero-order valence-electron chi connectivity index (χ0n) is 11.7. The van der Waals surface area contributed by atoms with Gasteiger partial charge in [0, 0.05) is 0 Å². The summed E-state index contributed by atoms with van der Waals surface area (Å²) in [6.07, 6.45) is 7.61. The molecule has 0 bridgehead atoms. The number of aryl methyl sites for hydroxylation is 2. The molecular weight excluding hydrogens is 216 g/mol. The Labute approximate surface area is 111 Å². The van der Waals surface area contributed by atoms with Gasteiger partial charge in [0.15, 0.2) is 0 Å². The highest BCUT2D eigenvalue weighted by atomic mass is 14.1. The number of hydrogen-bond donors (Lipinski definition) is 0. The Bertz CT molecular complexity index is 496. The van der Waals surface area contributed by atoms with Gasteiger partial charge in [0.1, 0.15) is 0 Å². The molecule has 18 heavy (non-hydrogen) atoms. The molecule has 0 aliphatic carbocycles. The topological polar surface area (TPSA) is 0 Å². The second kappa shape index (κ2) is 6.58. The van der Waals surface area contributed by atoms with Crippen molar-refractivity contribution in [2.45, 2.75) is 52.4 Å². The number of hydrogen-bond acceptors (Lipinski definition) is 0. The van der Waals surface area contributed by atoms with Gasteiger partial charge >= 0.3 is 0 Å². The molecule has 0 amide bonds. The fraction of sp³-hybridized carbons (Fsp3) is 0.444. The van der Waals surface area contributed by atoms with Crippen molar-refractivity contribution in [2.24, 2.45) is 0 Å². The van der Waals surface area contributed by atoms with Gasteiger partial charge in [-0.25, -0.2) is 0 Å². The normalized spacial score (nSPS) is 11.0. The molecule has 0 atom stereocenters. The maximum absolute atomic E-state index is 2.43. The molecule has 0 radical (unpaired) electrons. The molecule has 2 rings (SSSR count). The van der Waals surface area contributed by atoms with Gasteiger partial charge in [0.25, 0.3) is 0 Å². The largest absolute Gasteiger partial charge is 0.0654 e. The molecule has 0 aliphatic rings. The van der Waals surface area contributed by atoms with Gasteiger partial charge in [0.2, 0.25) is 0 Å². The summed E-state index contributed by atoms with van der Waals surface area (Å²) in [5, 5.41) is 2.86. The summed E-state index contributed by atoms with van der Waals surface area (Å²) >= 11 is 0. The lowest BCUT2D eigenvalue weighted by Gasteiger charge is -2.10. The van der Waals surface area contributed by atoms with Crippen molar-refractivity contribution >= 4 is 10.8 Å². The van der Waals surface area contributed by atoms with Crippen LogP contribution in [0.3, 0.4) is 0 Å². The highest BCUT2D eigenvalue weighted by molar-refractivity contribution is 5.86. The predicted octanol–water partition coefficient (Wildman–Crippen LogP) is 5.53. The van der Waals surface area contributed by atoms with Gasteiger partial charge in [-0.3, -0.25) is 0 Å². The van der Waals surface area contributed by atoms with Gasteiger partial charge in [-0.15, -0.1) is 0 Å². The zero-order valence-corrected chi connectivity index (χ0v) is 11.7. The van der Waals surface area contributed by atoms with Crippen molar-refractivity contribution in [1.29, 1.82) is 0 Å². The number of unbranched alkanes of at least 4 members (excludes halogenated alkanes) is 2. The van der Waals surface area contributed by atoms with Crippen molar-refractivity contribution in [3.63, 3.8) is 0 Å². The summed E-state index contributed by atoms with van der Waals surface area (Å²) in [6.45, 7) is 4.53. The third-order valence-corrected chi connectivity index (χ3v) is 3.60. The van der Waals surface area contributed by atoms with Crippen LogP contribution < -0.4 is 0 Å². The Morgan fingerprint density at radius 2 is 1.67 bits per heavy atom. The SMILES string of the molecule is CCCCCc1cc(CCC)cc2ccccc12. The lowest BCUT2D eigenvalue weighted by molar-refractivity contribution is 0.719. The first-order chi connectivity index (χ1) is 8.85. The molecule has 0 heterocycles. The van der Waals surface area contributed by atoms with E-state index in [9.17, 15) is 0 Å². The Kier molecular flexibility index (Phi) is 4.81. The van der Waals surface area contributed by atoms with E-state index in [0.29, 0.717) is 0 Å². The second-order valence-electron chi connectivity index (χ2n) is 5.18. The number of fused-ring (bicyclic) bond motifs is 1. The first-order valence-electron chi connectivity index (χ1n) is 7.35. The molecule has 0 aliphatic heterocycles. The van der Waals surface area contributed by atoms with Crippen LogP contribution in [-0.2, 0) is 12.8 Å². The smallest absolute Gasteiger partial charge is 0.0152 e. The Morgan fingerprint density at radius 1 is 0.833 bits per heavy atom. The van der Waals surface area contributed by atoms with E-state index in [1.165, 1.54) is 54.9 Å². The third kappa shape index (κ3) is 3.13. The summed E-state index contributed by atoms with van der Waals surface area (Å²) in [5.41, 5.74) is 3.05. The molecule has 0 saturated carbocycles. The minimum atomic E-state index is 1.20. The van der Waals surface area contributed by atoms with E-state index in [2.05, 4.69) is 50.2 Å². The molecule has 2 aromatic carbocycles. The number of benzene rings is 2. The average molecular weight is 240 g/mol. The van der Waals surface area contributed by atoms with Crippen molar-refractivity contribution in [1.82, 2.24) is 0 Å². The molecule has 0 spiro atoms. The van der Waals surface area contributed by atoms with Crippen LogP contribution >= 0.6 is 0 Å². The molecule has 2 aromatic rings. The average Bonchev–Trinajstić information content (AvgIpc) is 2.39. The van der Waals surface area contributed by atoms with Gasteiger partial charge in [-0.05, 0) is 41.2 Å². The Balaban J connectivity index is 2.34. The predicted molar refractivity (Wildman–Crippen MR) is 81.2 cm³/mol. The molecule has 0 unspecified atom stereocenters. The van der Waals surface area contributed by atoms with E-state index < -0.39 is 0 Å².